The van der Waals surface area contributed by atoms with Crippen LogP contribution in [0.25, 0.3) is 0 Å². The van der Waals surface area contributed by atoms with Gasteiger partial charge in [-0.25, -0.2) is 13.8 Å². The van der Waals surface area contributed by atoms with E-state index in [2.05, 4.69) is 10.5 Å². The lowest BCUT2D eigenvalue weighted by atomic mass is 10.2. The molecule has 1 N–H and O–H groups in total. The van der Waals surface area contributed by atoms with E-state index in [4.69, 9.17) is 16.3 Å². The van der Waals surface area contributed by atoms with Gasteiger partial charge in [0.1, 0.15) is 18.9 Å². The van der Waals surface area contributed by atoms with Gasteiger partial charge in [0.25, 0.3) is 11.6 Å². The molecular weight excluding hydrogens is 496 g/mol. The Morgan fingerprint density at radius 1 is 1.14 bits per heavy atom. The summed E-state index contributed by atoms with van der Waals surface area (Å²) < 4.78 is 30.8. The monoisotopic (exact) mass is 516 g/mol. The zero-order chi connectivity index (χ0) is 25.4. The molecule has 182 valence electrons. The largest absolute Gasteiger partial charge is 0.489 e. The van der Waals surface area contributed by atoms with Crippen molar-refractivity contribution in [3.05, 3.63) is 99.1 Å². The molecule has 0 fully saturated rings. The molecule has 3 aromatic carbocycles. The van der Waals surface area contributed by atoms with Crippen LogP contribution >= 0.6 is 11.6 Å². The van der Waals surface area contributed by atoms with E-state index in [9.17, 15) is 23.3 Å². The van der Waals surface area contributed by atoms with Gasteiger partial charge >= 0.3 is 0 Å². The summed E-state index contributed by atoms with van der Waals surface area (Å²) in [4.78, 5) is 22.6. The molecule has 0 aromatic heterocycles. The first-order chi connectivity index (χ1) is 16.6. The van der Waals surface area contributed by atoms with Gasteiger partial charge in [0.05, 0.1) is 23.1 Å². The number of amides is 1. The van der Waals surface area contributed by atoms with Crippen LogP contribution in [-0.2, 0) is 21.4 Å². The lowest BCUT2D eigenvalue weighted by Gasteiger charge is -2.21. The SMILES string of the molecule is CS(=O)(=O)N(CC(=O)N/N=C\c1ccc(OCc2cccc(Cl)c2)cc1)c1cccc([N+](=O)[O-])c1. The highest BCUT2D eigenvalue weighted by Crippen LogP contribution is 2.23. The molecule has 0 atom stereocenters. The van der Waals surface area contributed by atoms with Crippen molar-refractivity contribution < 1.29 is 22.9 Å². The topological polar surface area (TPSA) is 131 Å². The molecule has 3 aromatic rings. The highest BCUT2D eigenvalue weighted by molar-refractivity contribution is 7.92. The molecule has 0 aliphatic rings. The Morgan fingerprint density at radius 3 is 2.51 bits per heavy atom. The molecule has 0 saturated heterocycles. The van der Waals surface area contributed by atoms with E-state index < -0.39 is 27.4 Å². The molecular formula is C23H21ClN4O6S. The van der Waals surface area contributed by atoms with Crippen LogP contribution in [0.15, 0.2) is 77.9 Å². The summed E-state index contributed by atoms with van der Waals surface area (Å²) >= 11 is 5.96. The fourth-order valence-corrected chi connectivity index (χ4v) is 4.01. The van der Waals surface area contributed by atoms with Gasteiger partial charge in [0, 0.05) is 17.2 Å². The number of nitro benzene ring substituents is 1. The second-order valence-corrected chi connectivity index (χ2v) is 9.67. The van der Waals surface area contributed by atoms with Gasteiger partial charge in [-0.05, 0) is 53.6 Å². The third-order valence-corrected chi connectivity index (χ3v) is 5.97. The average Bonchev–Trinajstić information content (AvgIpc) is 2.81. The van der Waals surface area contributed by atoms with Gasteiger partial charge in [-0.3, -0.25) is 19.2 Å². The third-order valence-electron chi connectivity index (χ3n) is 4.59. The number of hydrogen-bond donors (Lipinski definition) is 1. The maximum Gasteiger partial charge on any atom is 0.271 e. The molecule has 0 unspecified atom stereocenters. The summed E-state index contributed by atoms with van der Waals surface area (Å²) in [6.45, 7) is -0.251. The van der Waals surface area contributed by atoms with E-state index >= 15 is 0 Å². The van der Waals surface area contributed by atoms with Crippen LogP contribution in [-0.4, -0.2) is 38.3 Å². The van der Waals surface area contributed by atoms with Crippen LogP contribution in [0.2, 0.25) is 5.02 Å². The van der Waals surface area contributed by atoms with Crippen molar-refractivity contribution in [2.45, 2.75) is 6.61 Å². The molecule has 10 nitrogen and oxygen atoms in total. The fourth-order valence-electron chi connectivity index (χ4n) is 2.95. The first-order valence-electron chi connectivity index (χ1n) is 10.1. The number of nitrogens with one attached hydrogen (secondary N) is 1. The van der Waals surface area contributed by atoms with E-state index in [0.717, 1.165) is 22.2 Å². The average molecular weight is 517 g/mol. The number of anilines is 1. The van der Waals surface area contributed by atoms with Crippen molar-refractivity contribution >= 4 is 45.1 Å². The van der Waals surface area contributed by atoms with Gasteiger partial charge in [-0.1, -0.05) is 29.8 Å². The van der Waals surface area contributed by atoms with E-state index in [-0.39, 0.29) is 11.4 Å². The van der Waals surface area contributed by atoms with Gasteiger partial charge in [0.2, 0.25) is 10.0 Å². The summed E-state index contributed by atoms with van der Waals surface area (Å²) in [5, 5.41) is 15.5. The first kappa shape index (κ1) is 25.7. The molecule has 0 heterocycles. The van der Waals surface area contributed by atoms with Gasteiger partial charge in [-0.2, -0.15) is 5.10 Å². The van der Waals surface area contributed by atoms with Crippen molar-refractivity contribution in [1.82, 2.24) is 5.43 Å². The number of sulfonamides is 1. The number of benzene rings is 3. The standard InChI is InChI=1S/C23H21ClN4O6S/c1-35(32,33)27(20-6-3-7-21(13-20)28(30)31)15-23(29)26-25-14-17-8-10-22(11-9-17)34-16-18-4-2-5-19(24)12-18/h2-14H,15-16H2,1H3,(H,26,29)/b25-14-. The Labute approximate surface area is 207 Å². The molecule has 35 heavy (non-hydrogen) atoms. The Balaban J connectivity index is 1.57. The molecule has 0 radical (unpaired) electrons. The smallest absolute Gasteiger partial charge is 0.271 e. The van der Waals surface area contributed by atoms with Gasteiger partial charge in [-0.15, -0.1) is 0 Å². The van der Waals surface area contributed by atoms with Crippen LogP contribution in [0, 0.1) is 10.1 Å². The van der Waals surface area contributed by atoms with E-state index in [1.807, 2.05) is 18.2 Å². The van der Waals surface area contributed by atoms with Crippen LogP contribution in [0.1, 0.15) is 11.1 Å². The quantitative estimate of drug-likeness (QED) is 0.248. The van der Waals surface area contributed by atoms with Crippen LogP contribution in [0.4, 0.5) is 11.4 Å². The number of carbonyl (C=O) groups is 1. The zero-order valence-electron chi connectivity index (χ0n) is 18.5. The Morgan fingerprint density at radius 2 is 1.86 bits per heavy atom. The zero-order valence-corrected chi connectivity index (χ0v) is 20.1. The van der Waals surface area contributed by atoms with Crippen LogP contribution in [0.3, 0.4) is 0 Å². The lowest BCUT2D eigenvalue weighted by molar-refractivity contribution is -0.384. The predicted molar refractivity (Wildman–Crippen MR) is 133 cm³/mol. The minimum absolute atomic E-state index is 0.00538. The van der Waals surface area contributed by atoms with Crippen molar-refractivity contribution in [2.24, 2.45) is 5.10 Å². The van der Waals surface area contributed by atoms with Gasteiger partial charge < -0.3 is 4.74 Å². The number of non-ortho nitro benzene ring substituents is 1. The molecule has 0 aliphatic carbocycles. The third kappa shape index (κ3) is 7.80. The number of hydrazone groups is 1. The summed E-state index contributed by atoms with van der Waals surface area (Å²) in [7, 11) is -3.89. The highest BCUT2D eigenvalue weighted by Gasteiger charge is 2.22. The van der Waals surface area contributed by atoms with Crippen molar-refractivity contribution in [1.29, 1.82) is 0 Å². The second kappa shape index (κ2) is 11.4. The maximum atomic E-state index is 12.3. The number of carbonyl (C=O) groups excluding carboxylic acids is 1. The fraction of sp³-hybridized carbons (Fsp3) is 0.130. The minimum Gasteiger partial charge on any atom is -0.489 e. The second-order valence-electron chi connectivity index (χ2n) is 7.33. The highest BCUT2D eigenvalue weighted by atomic mass is 35.5. The van der Waals surface area contributed by atoms with Gasteiger partial charge in [0.15, 0.2) is 0 Å². The normalized spacial score (nSPS) is 11.3. The number of rotatable bonds is 10. The molecule has 3 rings (SSSR count). The van der Waals surface area contributed by atoms with E-state index in [0.29, 0.717) is 22.9 Å². The number of nitrogens with zero attached hydrogens (tertiary/aromatic N) is 3. The summed E-state index contributed by atoms with van der Waals surface area (Å²) in [5.74, 6) is -0.0911. The molecule has 12 heteroatoms. The summed E-state index contributed by atoms with van der Waals surface area (Å²) in [6, 6.07) is 19.3. The Kier molecular flexibility index (Phi) is 8.39. The number of halogens is 1. The maximum absolute atomic E-state index is 12.3. The summed E-state index contributed by atoms with van der Waals surface area (Å²) in [6.07, 6.45) is 2.29. The van der Waals surface area contributed by atoms with E-state index in [1.54, 1.807) is 30.3 Å². The van der Waals surface area contributed by atoms with Crippen molar-refractivity contribution in [3.63, 3.8) is 0 Å². The minimum atomic E-state index is -3.89. The molecule has 1 amide bonds. The van der Waals surface area contributed by atoms with E-state index in [1.165, 1.54) is 24.4 Å². The number of hydrogen-bond acceptors (Lipinski definition) is 7. The lowest BCUT2D eigenvalue weighted by Crippen LogP contribution is -2.39. The number of ether oxygens (including phenoxy) is 1. The van der Waals surface area contributed by atoms with Crippen molar-refractivity contribution in [3.8, 4) is 5.75 Å². The molecule has 0 saturated carbocycles. The first-order valence-corrected chi connectivity index (χ1v) is 12.4. The predicted octanol–water partition coefficient (Wildman–Crippen LogP) is 3.74. The van der Waals surface area contributed by atoms with Crippen LogP contribution in [0.5, 0.6) is 5.75 Å². The Hall–Kier alpha value is -3.96. The van der Waals surface area contributed by atoms with Crippen molar-refractivity contribution in [2.75, 3.05) is 17.1 Å². The summed E-state index contributed by atoms with van der Waals surface area (Å²) in [5.41, 5.74) is 3.55. The molecule has 0 bridgehead atoms. The number of nitro groups is 1. The van der Waals surface area contributed by atoms with Crippen LogP contribution < -0.4 is 14.5 Å². The molecule has 0 spiro atoms. The Bertz CT molecular complexity index is 1350. The molecule has 0 aliphatic heterocycles.